The van der Waals surface area contributed by atoms with E-state index in [0.29, 0.717) is 6.07 Å². The van der Waals surface area contributed by atoms with Gasteiger partial charge in [-0.25, -0.2) is 4.39 Å². The molecule has 0 heterocycles. The van der Waals surface area contributed by atoms with Gasteiger partial charge in [-0.1, -0.05) is 6.07 Å². The lowest BCUT2D eigenvalue weighted by Gasteiger charge is -2.15. The van der Waals surface area contributed by atoms with Crippen molar-refractivity contribution in [3.05, 3.63) is 35.1 Å². The molecule has 0 radical (unpaired) electrons. The summed E-state index contributed by atoms with van der Waals surface area (Å²) in [4.78, 5) is 10.7. The molecule has 0 aliphatic rings. The molecule has 18 heavy (non-hydrogen) atoms. The average molecular weight is 265 g/mol. The molecule has 0 bridgehead atoms. The van der Waals surface area contributed by atoms with E-state index in [1.54, 1.807) is 0 Å². The fraction of sp³-hybridized carbons (Fsp3) is 0.364. The molecule has 0 fully saturated rings. The van der Waals surface area contributed by atoms with E-state index < -0.39 is 29.4 Å². The molecule has 3 nitrogen and oxygen atoms in total. The van der Waals surface area contributed by atoms with E-state index in [1.165, 1.54) is 0 Å². The van der Waals surface area contributed by atoms with Gasteiger partial charge >= 0.3 is 12.1 Å². The molecule has 0 saturated heterocycles. The molecule has 0 aromatic heterocycles. The number of halogens is 4. The molecule has 1 aromatic rings. The highest BCUT2D eigenvalue weighted by Crippen LogP contribution is 2.33. The molecule has 0 amide bonds. The first-order valence-electron chi connectivity index (χ1n) is 5.04. The molecule has 1 aromatic carbocycles. The SMILES string of the molecule is NCC(Cc1ccc(F)cc1C(F)(F)F)C(=O)O. The zero-order valence-corrected chi connectivity index (χ0v) is 9.17. The third kappa shape index (κ3) is 3.43. The average Bonchev–Trinajstić information content (AvgIpc) is 2.25. The summed E-state index contributed by atoms with van der Waals surface area (Å²) < 4.78 is 50.7. The second kappa shape index (κ2) is 5.34. The van der Waals surface area contributed by atoms with E-state index in [0.717, 1.165) is 12.1 Å². The summed E-state index contributed by atoms with van der Waals surface area (Å²) in [5, 5.41) is 8.75. The van der Waals surface area contributed by atoms with Crippen LogP contribution in [-0.2, 0) is 17.4 Å². The predicted octanol–water partition coefficient (Wildman–Crippen LogP) is 2.05. The van der Waals surface area contributed by atoms with Gasteiger partial charge in [-0.2, -0.15) is 13.2 Å². The Balaban J connectivity index is 3.12. The first-order valence-corrected chi connectivity index (χ1v) is 5.04. The fourth-order valence-corrected chi connectivity index (χ4v) is 1.53. The summed E-state index contributed by atoms with van der Waals surface area (Å²) in [5.41, 5.74) is 3.73. The number of hydrogen-bond acceptors (Lipinski definition) is 2. The minimum absolute atomic E-state index is 0.276. The van der Waals surface area contributed by atoms with Gasteiger partial charge in [-0.05, 0) is 24.1 Å². The quantitative estimate of drug-likeness (QED) is 0.819. The largest absolute Gasteiger partial charge is 0.481 e. The number of benzene rings is 1. The Bertz CT molecular complexity index is 445. The Labute approximate surface area is 100 Å². The van der Waals surface area contributed by atoms with Crippen molar-refractivity contribution >= 4 is 5.97 Å². The maximum atomic E-state index is 12.8. The maximum absolute atomic E-state index is 12.8. The fourth-order valence-electron chi connectivity index (χ4n) is 1.53. The summed E-state index contributed by atoms with van der Waals surface area (Å²) in [5.74, 6) is -3.43. The van der Waals surface area contributed by atoms with E-state index in [4.69, 9.17) is 10.8 Å². The Hall–Kier alpha value is -1.63. The van der Waals surface area contributed by atoms with Gasteiger partial charge in [-0.15, -0.1) is 0 Å². The number of carbonyl (C=O) groups is 1. The van der Waals surface area contributed by atoms with Crippen molar-refractivity contribution in [1.29, 1.82) is 0 Å². The van der Waals surface area contributed by atoms with E-state index in [9.17, 15) is 22.4 Å². The van der Waals surface area contributed by atoms with E-state index in [-0.39, 0.29) is 18.5 Å². The number of alkyl halides is 3. The van der Waals surface area contributed by atoms with Crippen LogP contribution in [0.3, 0.4) is 0 Å². The van der Waals surface area contributed by atoms with Gasteiger partial charge in [-0.3, -0.25) is 4.79 Å². The lowest BCUT2D eigenvalue weighted by Crippen LogP contribution is -2.26. The Morgan fingerprint density at radius 3 is 2.44 bits per heavy atom. The van der Waals surface area contributed by atoms with Crippen LogP contribution in [0.15, 0.2) is 18.2 Å². The summed E-state index contributed by atoms with van der Waals surface area (Å²) in [6.45, 7) is -0.288. The lowest BCUT2D eigenvalue weighted by atomic mass is 9.95. The summed E-state index contributed by atoms with van der Waals surface area (Å²) >= 11 is 0. The number of hydrogen-bond donors (Lipinski definition) is 2. The van der Waals surface area contributed by atoms with Crippen molar-refractivity contribution in [2.75, 3.05) is 6.54 Å². The minimum Gasteiger partial charge on any atom is -0.481 e. The Morgan fingerprint density at radius 2 is 2.00 bits per heavy atom. The molecule has 1 atom stereocenters. The van der Waals surface area contributed by atoms with Crippen LogP contribution in [0.1, 0.15) is 11.1 Å². The summed E-state index contributed by atoms with van der Waals surface area (Å²) in [7, 11) is 0. The number of carboxylic acid groups (broad SMARTS) is 1. The van der Waals surface area contributed by atoms with Crippen LogP contribution in [-0.4, -0.2) is 17.6 Å². The van der Waals surface area contributed by atoms with Crippen LogP contribution in [0, 0.1) is 11.7 Å². The van der Waals surface area contributed by atoms with E-state index >= 15 is 0 Å². The molecule has 0 aliphatic carbocycles. The van der Waals surface area contributed by atoms with Crippen LogP contribution >= 0.6 is 0 Å². The van der Waals surface area contributed by atoms with Crippen molar-refractivity contribution in [2.24, 2.45) is 11.7 Å². The van der Waals surface area contributed by atoms with Gasteiger partial charge in [0.25, 0.3) is 0 Å². The Kier molecular flexibility index (Phi) is 4.28. The zero-order valence-electron chi connectivity index (χ0n) is 9.17. The van der Waals surface area contributed by atoms with Crippen LogP contribution in [0.5, 0.6) is 0 Å². The van der Waals surface area contributed by atoms with Gasteiger partial charge in [0.05, 0.1) is 11.5 Å². The molecule has 0 spiro atoms. The Morgan fingerprint density at radius 1 is 1.39 bits per heavy atom. The van der Waals surface area contributed by atoms with Crippen LogP contribution in [0.2, 0.25) is 0 Å². The topological polar surface area (TPSA) is 63.3 Å². The number of nitrogens with two attached hydrogens (primary N) is 1. The van der Waals surface area contributed by atoms with Crippen LogP contribution < -0.4 is 5.73 Å². The molecular weight excluding hydrogens is 254 g/mol. The highest BCUT2D eigenvalue weighted by Gasteiger charge is 2.34. The molecule has 1 rings (SSSR count). The van der Waals surface area contributed by atoms with Crippen molar-refractivity contribution < 1.29 is 27.5 Å². The first kappa shape index (κ1) is 14.4. The van der Waals surface area contributed by atoms with E-state index in [2.05, 4.69) is 0 Å². The molecule has 100 valence electrons. The van der Waals surface area contributed by atoms with Crippen molar-refractivity contribution in [2.45, 2.75) is 12.6 Å². The number of carboxylic acids is 1. The van der Waals surface area contributed by atoms with Gasteiger partial charge < -0.3 is 10.8 Å². The smallest absolute Gasteiger partial charge is 0.416 e. The van der Waals surface area contributed by atoms with E-state index in [1.807, 2.05) is 0 Å². The predicted molar refractivity (Wildman–Crippen MR) is 55.3 cm³/mol. The van der Waals surface area contributed by atoms with Crippen molar-refractivity contribution in [3.8, 4) is 0 Å². The van der Waals surface area contributed by atoms with Gasteiger partial charge in [0.2, 0.25) is 0 Å². The van der Waals surface area contributed by atoms with Crippen LogP contribution in [0.25, 0.3) is 0 Å². The number of aliphatic carboxylic acids is 1. The maximum Gasteiger partial charge on any atom is 0.416 e. The van der Waals surface area contributed by atoms with Crippen molar-refractivity contribution in [1.82, 2.24) is 0 Å². The standard InChI is InChI=1S/C11H11F4NO2/c12-8-2-1-6(3-7(5-16)10(17)18)9(4-8)11(13,14)15/h1-2,4,7H,3,5,16H2,(H,17,18). The molecule has 0 saturated carbocycles. The van der Waals surface area contributed by atoms with Gasteiger partial charge in [0, 0.05) is 6.54 Å². The number of rotatable bonds is 4. The highest BCUT2D eigenvalue weighted by molar-refractivity contribution is 5.70. The van der Waals surface area contributed by atoms with Gasteiger partial charge in [0.15, 0.2) is 0 Å². The highest BCUT2D eigenvalue weighted by atomic mass is 19.4. The lowest BCUT2D eigenvalue weighted by molar-refractivity contribution is -0.143. The third-order valence-electron chi connectivity index (χ3n) is 2.48. The molecule has 0 aliphatic heterocycles. The second-order valence-corrected chi connectivity index (χ2v) is 3.77. The minimum atomic E-state index is -4.73. The zero-order chi connectivity index (χ0) is 13.9. The molecular formula is C11H11F4NO2. The van der Waals surface area contributed by atoms with Crippen molar-refractivity contribution in [3.63, 3.8) is 0 Å². The van der Waals surface area contributed by atoms with Crippen LogP contribution in [0.4, 0.5) is 17.6 Å². The van der Waals surface area contributed by atoms with Gasteiger partial charge in [0.1, 0.15) is 5.82 Å². The monoisotopic (exact) mass is 265 g/mol. The molecule has 7 heteroatoms. The summed E-state index contributed by atoms with van der Waals surface area (Å²) in [6, 6.07) is 2.15. The normalized spacial score (nSPS) is 13.4. The molecule has 1 unspecified atom stereocenters. The summed E-state index contributed by atoms with van der Waals surface area (Å²) in [6.07, 6.45) is -5.12. The third-order valence-corrected chi connectivity index (χ3v) is 2.48. The second-order valence-electron chi connectivity index (χ2n) is 3.77. The first-order chi connectivity index (χ1) is 8.25. The molecule has 3 N–H and O–H groups in total.